The molecule has 0 spiro atoms. The van der Waals surface area contributed by atoms with E-state index in [0.29, 0.717) is 13.2 Å². The van der Waals surface area contributed by atoms with Crippen LogP contribution in [0.2, 0.25) is 0 Å². The number of para-hydroxylation sites is 1. The lowest BCUT2D eigenvalue weighted by Crippen LogP contribution is -2.21. The first kappa shape index (κ1) is 12.7. The fourth-order valence-electron chi connectivity index (χ4n) is 1.39. The first-order valence-electron chi connectivity index (χ1n) is 5.43. The van der Waals surface area contributed by atoms with Crippen LogP contribution in [0.5, 0.6) is 0 Å². The Morgan fingerprint density at radius 2 is 2.19 bits per heavy atom. The summed E-state index contributed by atoms with van der Waals surface area (Å²) >= 11 is 0. The number of benzene rings is 1. The maximum Gasteiger partial charge on any atom is 0.250 e. The number of nitrogens with one attached hydrogen (secondary N) is 1. The third-order valence-corrected chi connectivity index (χ3v) is 2.17. The van der Waals surface area contributed by atoms with Gasteiger partial charge in [-0.1, -0.05) is 25.1 Å². The van der Waals surface area contributed by atoms with Gasteiger partial charge in [0.2, 0.25) is 5.91 Å². The van der Waals surface area contributed by atoms with Gasteiger partial charge in [-0.2, -0.15) is 0 Å². The van der Waals surface area contributed by atoms with Gasteiger partial charge >= 0.3 is 0 Å². The second-order valence-electron chi connectivity index (χ2n) is 3.40. The highest BCUT2D eigenvalue weighted by Crippen LogP contribution is 2.14. The van der Waals surface area contributed by atoms with Gasteiger partial charge in [-0.3, -0.25) is 4.79 Å². The number of hydrogen-bond acceptors (Lipinski definition) is 3. The Morgan fingerprint density at radius 1 is 1.44 bits per heavy atom. The molecule has 88 valence electrons. The minimum Gasteiger partial charge on any atom is -0.370 e. The number of aryl methyl sites for hydroxylation is 1. The average molecular weight is 222 g/mol. The van der Waals surface area contributed by atoms with Gasteiger partial charge in [-0.25, -0.2) is 0 Å². The summed E-state index contributed by atoms with van der Waals surface area (Å²) in [5, 5.41) is 2.82. The number of carbonyl (C=O) groups excluding carboxylic acids is 1. The minimum absolute atomic E-state index is 0.0508. The van der Waals surface area contributed by atoms with Crippen molar-refractivity contribution in [3.05, 3.63) is 29.8 Å². The van der Waals surface area contributed by atoms with Crippen molar-refractivity contribution in [3.8, 4) is 0 Å². The van der Waals surface area contributed by atoms with Crippen molar-refractivity contribution in [3.63, 3.8) is 0 Å². The van der Waals surface area contributed by atoms with E-state index in [1.165, 1.54) is 0 Å². The number of ether oxygens (including phenoxy) is 1. The third-order valence-electron chi connectivity index (χ3n) is 2.17. The molecular formula is C12H18N2O2. The van der Waals surface area contributed by atoms with Gasteiger partial charge in [0.15, 0.2) is 0 Å². The highest BCUT2D eigenvalue weighted by atomic mass is 16.5. The molecule has 1 rings (SSSR count). The summed E-state index contributed by atoms with van der Waals surface area (Å²) in [5.41, 5.74) is 7.23. The maximum absolute atomic E-state index is 11.5. The molecule has 0 atom stereocenters. The van der Waals surface area contributed by atoms with Crippen LogP contribution in [-0.4, -0.2) is 25.7 Å². The highest BCUT2D eigenvalue weighted by Gasteiger charge is 2.04. The molecule has 4 heteroatoms. The van der Waals surface area contributed by atoms with E-state index < -0.39 is 0 Å². The molecule has 0 saturated heterocycles. The van der Waals surface area contributed by atoms with Crippen LogP contribution in [0.15, 0.2) is 24.3 Å². The van der Waals surface area contributed by atoms with Crippen LogP contribution < -0.4 is 11.1 Å². The molecule has 0 fully saturated rings. The summed E-state index contributed by atoms with van der Waals surface area (Å²) in [6.07, 6.45) is 0.889. The molecule has 0 aliphatic rings. The van der Waals surface area contributed by atoms with Crippen LogP contribution in [0.4, 0.5) is 5.69 Å². The van der Waals surface area contributed by atoms with Gasteiger partial charge in [-0.05, 0) is 18.1 Å². The molecule has 0 aliphatic carbocycles. The molecule has 0 unspecified atom stereocenters. The summed E-state index contributed by atoms with van der Waals surface area (Å²) in [5.74, 6) is -0.144. The largest absolute Gasteiger partial charge is 0.370 e. The van der Waals surface area contributed by atoms with Crippen molar-refractivity contribution in [1.82, 2.24) is 0 Å². The molecule has 4 nitrogen and oxygen atoms in total. The zero-order chi connectivity index (χ0) is 11.8. The molecule has 0 aromatic heterocycles. The molecular weight excluding hydrogens is 204 g/mol. The maximum atomic E-state index is 11.5. The van der Waals surface area contributed by atoms with Gasteiger partial charge in [0.1, 0.15) is 6.61 Å². The van der Waals surface area contributed by atoms with Crippen molar-refractivity contribution in [2.45, 2.75) is 13.3 Å². The normalized spacial score (nSPS) is 10.1. The van der Waals surface area contributed by atoms with Crippen LogP contribution in [0.25, 0.3) is 0 Å². The number of rotatable bonds is 6. The van der Waals surface area contributed by atoms with Crippen LogP contribution in [-0.2, 0) is 16.0 Å². The summed E-state index contributed by atoms with van der Waals surface area (Å²) in [6, 6.07) is 7.74. The van der Waals surface area contributed by atoms with Gasteiger partial charge in [0.25, 0.3) is 0 Å². The topological polar surface area (TPSA) is 64.3 Å². The predicted molar refractivity (Wildman–Crippen MR) is 64.3 cm³/mol. The molecule has 0 bridgehead atoms. The van der Waals surface area contributed by atoms with E-state index in [1.807, 2.05) is 24.3 Å². The molecule has 0 saturated carbocycles. The smallest absolute Gasteiger partial charge is 0.250 e. The third kappa shape index (κ3) is 4.00. The molecule has 1 aromatic rings. The first-order valence-corrected chi connectivity index (χ1v) is 5.43. The number of amides is 1. The first-order chi connectivity index (χ1) is 7.77. The predicted octanol–water partition coefficient (Wildman–Crippen LogP) is 1.16. The lowest BCUT2D eigenvalue weighted by molar-refractivity contribution is -0.120. The Hall–Kier alpha value is -1.39. The van der Waals surface area contributed by atoms with Gasteiger partial charge in [0, 0.05) is 12.2 Å². The molecule has 0 heterocycles. The fraction of sp³-hybridized carbons (Fsp3) is 0.417. The van der Waals surface area contributed by atoms with Crippen molar-refractivity contribution in [1.29, 1.82) is 0 Å². The van der Waals surface area contributed by atoms with Gasteiger partial charge in [-0.15, -0.1) is 0 Å². The zero-order valence-corrected chi connectivity index (χ0v) is 9.53. The fourth-order valence-corrected chi connectivity index (χ4v) is 1.39. The summed E-state index contributed by atoms with van der Waals surface area (Å²) in [4.78, 5) is 11.5. The van der Waals surface area contributed by atoms with Crippen LogP contribution in [0.3, 0.4) is 0 Å². The monoisotopic (exact) mass is 222 g/mol. The Balaban J connectivity index is 2.49. The lowest BCUT2D eigenvalue weighted by Gasteiger charge is -2.09. The Labute approximate surface area is 95.8 Å². The second kappa shape index (κ2) is 6.98. The summed E-state index contributed by atoms with van der Waals surface area (Å²) < 4.78 is 5.05. The van der Waals surface area contributed by atoms with Crippen LogP contribution in [0, 0.1) is 0 Å². The Kier molecular flexibility index (Phi) is 5.53. The Bertz CT molecular complexity index is 340. The van der Waals surface area contributed by atoms with Crippen molar-refractivity contribution in [2.24, 2.45) is 5.73 Å². The summed E-state index contributed by atoms with van der Waals surface area (Å²) in [6.45, 7) is 2.94. The zero-order valence-electron chi connectivity index (χ0n) is 9.53. The standard InChI is InChI=1S/C12H18N2O2/c1-2-10-5-3-4-6-11(10)14-12(15)9-16-8-7-13/h3-6H,2,7-9,13H2,1H3,(H,14,15). The van der Waals surface area contributed by atoms with Crippen LogP contribution in [0.1, 0.15) is 12.5 Å². The van der Waals surface area contributed by atoms with Crippen LogP contribution >= 0.6 is 0 Å². The molecule has 1 aromatic carbocycles. The lowest BCUT2D eigenvalue weighted by atomic mass is 10.1. The Morgan fingerprint density at radius 3 is 2.88 bits per heavy atom. The highest BCUT2D eigenvalue weighted by molar-refractivity contribution is 5.92. The van der Waals surface area contributed by atoms with Gasteiger partial charge in [0.05, 0.1) is 6.61 Å². The number of hydrogen-bond donors (Lipinski definition) is 2. The van der Waals surface area contributed by atoms with E-state index in [0.717, 1.165) is 17.7 Å². The molecule has 16 heavy (non-hydrogen) atoms. The summed E-state index contributed by atoms with van der Waals surface area (Å²) in [7, 11) is 0. The minimum atomic E-state index is -0.144. The molecule has 0 radical (unpaired) electrons. The number of carbonyl (C=O) groups is 1. The van der Waals surface area contributed by atoms with Crippen molar-refractivity contribution >= 4 is 11.6 Å². The number of anilines is 1. The molecule has 0 aliphatic heterocycles. The second-order valence-corrected chi connectivity index (χ2v) is 3.40. The van der Waals surface area contributed by atoms with E-state index in [1.54, 1.807) is 0 Å². The molecule has 1 amide bonds. The van der Waals surface area contributed by atoms with E-state index in [2.05, 4.69) is 12.2 Å². The quantitative estimate of drug-likeness (QED) is 0.710. The molecule has 3 N–H and O–H groups in total. The van der Waals surface area contributed by atoms with E-state index >= 15 is 0 Å². The van der Waals surface area contributed by atoms with Crippen molar-refractivity contribution in [2.75, 3.05) is 25.1 Å². The number of nitrogens with two attached hydrogens (primary N) is 1. The van der Waals surface area contributed by atoms with Crippen molar-refractivity contribution < 1.29 is 9.53 Å². The van der Waals surface area contributed by atoms with E-state index in [-0.39, 0.29) is 12.5 Å². The van der Waals surface area contributed by atoms with E-state index in [9.17, 15) is 4.79 Å². The van der Waals surface area contributed by atoms with E-state index in [4.69, 9.17) is 10.5 Å². The average Bonchev–Trinajstić information content (AvgIpc) is 2.30. The van der Waals surface area contributed by atoms with Gasteiger partial charge < -0.3 is 15.8 Å². The SMILES string of the molecule is CCc1ccccc1NC(=O)COCCN.